The Morgan fingerprint density at radius 3 is 2.95 bits per heavy atom. The van der Waals surface area contributed by atoms with Crippen LogP contribution >= 0.6 is 15.9 Å². The highest BCUT2D eigenvalue weighted by molar-refractivity contribution is 9.10. The first-order valence-corrected chi connectivity index (χ1v) is 7.83. The quantitative estimate of drug-likeness (QED) is 0.668. The van der Waals surface area contributed by atoms with Gasteiger partial charge in [-0.1, -0.05) is 15.9 Å². The molecule has 1 heterocycles. The molecule has 114 valence electrons. The van der Waals surface area contributed by atoms with Crippen molar-refractivity contribution in [3.05, 3.63) is 28.2 Å². The lowest BCUT2D eigenvalue weighted by Gasteiger charge is -2.31. The normalized spacial score (nSPS) is 18.4. The third-order valence-electron chi connectivity index (χ3n) is 3.57. The van der Waals surface area contributed by atoms with Crippen LogP contribution in [0.5, 0.6) is 0 Å². The van der Waals surface area contributed by atoms with Crippen LogP contribution in [-0.4, -0.2) is 36.5 Å². The van der Waals surface area contributed by atoms with Crippen LogP contribution in [0.2, 0.25) is 0 Å². The first-order valence-electron chi connectivity index (χ1n) is 7.04. The van der Waals surface area contributed by atoms with Crippen LogP contribution in [0.3, 0.4) is 0 Å². The number of rotatable bonds is 3. The van der Waals surface area contributed by atoms with Gasteiger partial charge in [0.2, 0.25) is 0 Å². The number of hydrogen-bond donors (Lipinski definition) is 1. The van der Waals surface area contributed by atoms with E-state index in [4.69, 9.17) is 10.5 Å². The fourth-order valence-corrected chi connectivity index (χ4v) is 2.86. The Hall–Kier alpha value is -1.56. The Balaban J connectivity index is 2.12. The SMILES string of the molecule is CCOC(=O)C1CCCN(C(=O)c2cc(Br)ccc2N)C1. The number of ether oxygens (including phenoxy) is 1. The molecule has 0 spiro atoms. The molecule has 1 aromatic carbocycles. The number of anilines is 1. The molecule has 1 aromatic rings. The van der Waals surface area contributed by atoms with E-state index in [9.17, 15) is 9.59 Å². The Morgan fingerprint density at radius 2 is 2.24 bits per heavy atom. The van der Waals surface area contributed by atoms with E-state index in [2.05, 4.69) is 15.9 Å². The van der Waals surface area contributed by atoms with Crippen molar-refractivity contribution in [3.8, 4) is 0 Å². The number of likely N-dealkylation sites (tertiary alicyclic amines) is 1. The van der Waals surface area contributed by atoms with Crippen molar-refractivity contribution in [2.45, 2.75) is 19.8 Å². The van der Waals surface area contributed by atoms with Gasteiger partial charge >= 0.3 is 5.97 Å². The van der Waals surface area contributed by atoms with Crippen molar-refractivity contribution in [3.63, 3.8) is 0 Å². The van der Waals surface area contributed by atoms with Gasteiger partial charge in [0.25, 0.3) is 5.91 Å². The maximum absolute atomic E-state index is 12.6. The first kappa shape index (κ1) is 15.8. The van der Waals surface area contributed by atoms with Gasteiger partial charge in [0.1, 0.15) is 0 Å². The van der Waals surface area contributed by atoms with Crippen molar-refractivity contribution in [1.82, 2.24) is 4.90 Å². The van der Waals surface area contributed by atoms with Gasteiger partial charge in [0, 0.05) is 23.2 Å². The van der Waals surface area contributed by atoms with Crippen LogP contribution in [0.25, 0.3) is 0 Å². The van der Waals surface area contributed by atoms with Crippen LogP contribution in [0.4, 0.5) is 5.69 Å². The number of carbonyl (C=O) groups is 2. The van der Waals surface area contributed by atoms with E-state index in [0.717, 1.165) is 17.3 Å². The second-order valence-corrected chi connectivity index (χ2v) is 5.99. The van der Waals surface area contributed by atoms with E-state index in [1.165, 1.54) is 0 Å². The van der Waals surface area contributed by atoms with Crippen LogP contribution < -0.4 is 5.73 Å². The number of nitrogens with two attached hydrogens (primary N) is 1. The Morgan fingerprint density at radius 1 is 1.48 bits per heavy atom. The number of esters is 1. The number of amides is 1. The Kier molecular flexibility index (Phi) is 5.22. The highest BCUT2D eigenvalue weighted by Gasteiger charge is 2.30. The number of piperidine rings is 1. The van der Waals surface area contributed by atoms with E-state index in [1.807, 2.05) is 0 Å². The number of carbonyl (C=O) groups excluding carboxylic acids is 2. The lowest BCUT2D eigenvalue weighted by molar-refractivity contribution is -0.149. The number of hydrogen-bond acceptors (Lipinski definition) is 4. The summed E-state index contributed by atoms with van der Waals surface area (Å²) in [5.74, 6) is -0.601. The van der Waals surface area contributed by atoms with Gasteiger partial charge in [-0.25, -0.2) is 0 Å². The van der Waals surface area contributed by atoms with Gasteiger partial charge in [-0.15, -0.1) is 0 Å². The van der Waals surface area contributed by atoms with Gasteiger partial charge in [-0.2, -0.15) is 0 Å². The molecular weight excluding hydrogens is 336 g/mol. The summed E-state index contributed by atoms with van der Waals surface area (Å²) < 4.78 is 5.85. The minimum absolute atomic E-state index is 0.136. The topological polar surface area (TPSA) is 72.6 Å². The minimum Gasteiger partial charge on any atom is -0.466 e. The van der Waals surface area contributed by atoms with Crippen molar-refractivity contribution < 1.29 is 14.3 Å². The number of nitrogen functional groups attached to an aromatic ring is 1. The standard InChI is InChI=1S/C15H19BrN2O3/c1-2-21-15(20)10-4-3-7-18(9-10)14(19)12-8-11(16)5-6-13(12)17/h5-6,8,10H,2-4,7,9,17H2,1H3. The molecule has 1 amide bonds. The highest BCUT2D eigenvalue weighted by Crippen LogP contribution is 2.24. The lowest BCUT2D eigenvalue weighted by Crippen LogP contribution is -2.43. The number of nitrogens with zero attached hydrogens (tertiary/aromatic N) is 1. The molecule has 21 heavy (non-hydrogen) atoms. The Bertz CT molecular complexity index is 548. The minimum atomic E-state index is -0.240. The molecule has 0 bridgehead atoms. The van der Waals surface area contributed by atoms with Gasteiger partial charge in [0.15, 0.2) is 0 Å². The smallest absolute Gasteiger partial charge is 0.310 e. The second kappa shape index (κ2) is 6.93. The van der Waals surface area contributed by atoms with Crippen LogP contribution in [0.15, 0.2) is 22.7 Å². The number of halogens is 1. The summed E-state index contributed by atoms with van der Waals surface area (Å²) in [5, 5.41) is 0. The predicted octanol–water partition coefficient (Wildman–Crippen LogP) is 2.45. The average molecular weight is 355 g/mol. The molecule has 2 rings (SSSR count). The van der Waals surface area contributed by atoms with Crippen molar-refractivity contribution in [2.75, 3.05) is 25.4 Å². The fourth-order valence-electron chi connectivity index (χ4n) is 2.50. The summed E-state index contributed by atoms with van der Waals surface area (Å²) in [6.45, 7) is 3.18. The molecule has 1 atom stereocenters. The Labute approximate surface area is 132 Å². The zero-order valence-electron chi connectivity index (χ0n) is 12.0. The highest BCUT2D eigenvalue weighted by atomic mass is 79.9. The summed E-state index contributed by atoms with van der Waals surface area (Å²) >= 11 is 3.34. The molecule has 2 N–H and O–H groups in total. The van der Waals surface area contributed by atoms with Gasteiger partial charge in [0.05, 0.1) is 18.1 Å². The maximum Gasteiger partial charge on any atom is 0.310 e. The van der Waals surface area contributed by atoms with E-state index in [-0.39, 0.29) is 17.8 Å². The molecule has 1 unspecified atom stereocenters. The van der Waals surface area contributed by atoms with Gasteiger partial charge < -0.3 is 15.4 Å². The molecule has 1 aliphatic rings. The summed E-state index contributed by atoms with van der Waals surface area (Å²) in [7, 11) is 0. The fraction of sp³-hybridized carbons (Fsp3) is 0.467. The molecule has 1 fully saturated rings. The van der Waals surface area contributed by atoms with Crippen LogP contribution in [-0.2, 0) is 9.53 Å². The van der Waals surface area contributed by atoms with Crippen molar-refractivity contribution >= 4 is 33.5 Å². The molecule has 1 saturated heterocycles. The molecule has 6 heteroatoms. The summed E-state index contributed by atoms with van der Waals surface area (Å²) in [5.41, 5.74) is 6.79. The molecule has 5 nitrogen and oxygen atoms in total. The van der Waals surface area contributed by atoms with E-state index in [1.54, 1.807) is 30.0 Å². The van der Waals surface area contributed by atoms with E-state index in [0.29, 0.717) is 30.9 Å². The summed E-state index contributed by atoms with van der Waals surface area (Å²) in [6.07, 6.45) is 1.56. The predicted molar refractivity (Wildman–Crippen MR) is 83.8 cm³/mol. The number of benzene rings is 1. The molecule has 0 aliphatic carbocycles. The summed E-state index contributed by atoms with van der Waals surface area (Å²) in [4.78, 5) is 26.1. The van der Waals surface area contributed by atoms with Crippen molar-refractivity contribution in [1.29, 1.82) is 0 Å². The van der Waals surface area contributed by atoms with E-state index < -0.39 is 0 Å². The molecule has 1 aliphatic heterocycles. The third kappa shape index (κ3) is 3.75. The van der Waals surface area contributed by atoms with Crippen LogP contribution in [0.1, 0.15) is 30.1 Å². The second-order valence-electron chi connectivity index (χ2n) is 5.07. The van der Waals surface area contributed by atoms with E-state index >= 15 is 0 Å². The molecule has 0 saturated carbocycles. The monoisotopic (exact) mass is 354 g/mol. The lowest BCUT2D eigenvalue weighted by atomic mass is 9.97. The third-order valence-corrected chi connectivity index (χ3v) is 4.07. The molecule has 0 radical (unpaired) electrons. The van der Waals surface area contributed by atoms with Crippen LogP contribution in [0, 0.1) is 5.92 Å². The maximum atomic E-state index is 12.6. The zero-order valence-corrected chi connectivity index (χ0v) is 13.6. The van der Waals surface area contributed by atoms with Crippen molar-refractivity contribution in [2.24, 2.45) is 5.92 Å². The summed E-state index contributed by atoms with van der Waals surface area (Å²) in [6, 6.07) is 5.21. The van der Waals surface area contributed by atoms with Gasteiger partial charge in [-0.3, -0.25) is 9.59 Å². The molecular formula is C15H19BrN2O3. The van der Waals surface area contributed by atoms with Gasteiger partial charge in [-0.05, 0) is 38.0 Å². The molecule has 0 aromatic heterocycles. The first-order chi connectivity index (χ1) is 10.0. The largest absolute Gasteiger partial charge is 0.466 e. The average Bonchev–Trinajstić information content (AvgIpc) is 2.49. The zero-order chi connectivity index (χ0) is 15.4.